The van der Waals surface area contributed by atoms with Crippen molar-refractivity contribution >= 4 is 23.5 Å². The quantitative estimate of drug-likeness (QED) is 0.107. The van der Waals surface area contributed by atoms with Crippen molar-refractivity contribution in [3.63, 3.8) is 0 Å². The Kier molecular flexibility index (Phi) is 9.88. The highest BCUT2D eigenvalue weighted by Crippen LogP contribution is 2.66. The van der Waals surface area contributed by atoms with Crippen LogP contribution in [0.1, 0.15) is 13.2 Å². The second-order valence-electron chi connectivity index (χ2n) is 6.66. The van der Waals surface area contributed by atoms with E-state index in [-0.39, 0.29) is 0 Å². The minimum absolute atomic E-state index is 0.455. The highest BCUT2D eigenvalue weighted by atomic mass is 31.3. The van der Waals surface area contributed by atoms with Gasteiger partial charge in [-0.2, -0.15) is 8.62 Å². The molecule has 0 bridgehead atoms. The predicted molar refractivity (Wildman–Crippen MR) is 107 cm³/mol. The Morgan fingerprint density at radius 2 is 1.79 bits per heavy atom. The van der Waals surface area contributed by atoms with E-state index in [9.17, 15) is 42.8 Å². The minimum Gasteiger partial charge on any atom is -0.392 e. The van der Waals surface area contributed by atoms with Crippen molar-refractivity contribution in [1.82, 2.24) is 9.55 Å². The molecule has 5 atom stereocenters. The number of alkyl halides is 1. The lowest BCUT2D eigenvalue weighted by atomic mass is 10.0. The Balaban J connectivity index is 3.24. The first-order valence-electron chi connectivity index (χ1n) is 8.45. The lowest BCUT2D eigenvalue weighted by Gasteiger charge is -2.37. The van der Waals surface area contributed by atoms with Crippen LogP contribution in [0.15, 0.2) is 21.9 Å². The summed E-state index contributed by atoms with van der Waals surface area (Å²) in [5.41, 5.74) is -7.25. The summed E-state index contributed by atoms with van der Waals surface area (Å²) in [5, 5.41) is 20.0. The number of hydrogen-bond acceptors (Lipinski definition) is 11. The Morgan fingerprint density at radius 3 is 2.24 bits per heavy atom. The van der Waals surface area contributed by atoms with Crippen LogP contribution in [-0.4, -0.2) is 70.4 Å². The molecule has 0 fully saturated rings. The molecule has 21 heteroatoms. The standard InChI is InChI=1S/C13H20FN2O15P3/c1-3-13(20,7-17)10(16-5-4-9(18)15-11(16)19)29-12(2,6-14)8-28-33(24,25)31-34(26,27)30-32(21,22)23/h1,4-5,10,17,20H,6-8H2,2H3,(H,24,25)(H,26,27)(H,15,18,19)(H2,21,22,23)/t10-,12-,13-/m1/s1. The molecule has 0 saturated carbocycles. The number of rotatable bonds is 13. The number of aliphatic hydroxyl groups is 2. The molecule has 1 rings (SSSR count). The molecule has 0 spiro atoms. The van der Waals surface area contributed by atoms with Gasteiger partial charge in [-0.1, -0.05) is 5.92 Å². The van der Waals surface area contributed by atoms with Gasteiger partial charge in [-0.3, -0.25) is 18.9 Å². The third-order valence-corrected chi connectivity index (χ3v) is 7.41. The third kappa shape index (κ3) is 8.91. The fourth-order valence-corrected chi connectivity index (χ4v) is 5.22. The van der Waals surface area contributed by atoms with Crippen LogP contribution in [0.25, 0.3) is 0 Å². The van der Waals surface area contributed by atoms with Crippen molar-refractivity contribution in [2.24, 2.45) is 0 Å². The van der Waals surface area contributed by atoms with Gasteiger partial charge >= 0.3 is 29.2 Å². The number of aromatic amines is 1. The van der Waals surface area contributed by atoms with Crippen LogP contribution in [-0.2, 0) is 31.6 Å². The molecule has 0 radical (unpaired) electrons. The van der Waals surface area contributed by atoms with Gasteiger partial charge in [-0.05, 0) is 6.92 Å². The van der Waals surface area contributed by atoms with Crippen molar-refractivity contribution in [1.29, 1.82) is 0 Å². The summed E-state index contributed by atoms with van der Waals surface area (Å²) in [6, 6.07) is 0.783. The number of aromatic nitrogens is 2. The third-order valence-electron chi connectivity index (χ3n) is 3.63. The molecule has 1 aromatic heterocycles. The smallest absolute Gasteiger partial charge is 0.392 e. The fraction of sp³-hybridized carbons (Fsp3) is 0.538. The molecule has 0 aliphatic heterocycles. The number of ether oxygens (including phenoxy) is 1. The zero-order valence-corrected chi connectivity index (χ0v) is 19.6. The zero-order valence-electron chi connectivity index (χ0n) is 17.0. The first-order chi connectivity index (χ1) is 15.3. The van der Waals surface area contributed by atoms with Crippen LogP contribution in [0, 0.1) is 12.3 Å². The first-order valence-corrected chi connectivity index (χ1v) is 13.0. The second kappa shape index (κ2) is 11.0. The van der Waals surface area contributed by atoms with E-state index in [0.717, 1.165) is 19.2 Å². The van der Waals surface area contributed by atoms with Gasteiger partial charge in [0.1, 0.15) is 12.3 Å². The SMILES string of the molecule is C#C[C@@](O)(CO)[C@@H](O[C@](C)(CF)COP(=O)(O)OP(=O)(O)OP(=O)(O)O)n1ccc(=O)[nH]c1=O. The summed E-state index contributed by atoms with van der Waals surface area (Å²) in [7, 11) is -17.2. The van der Waals surface area contributed by atoms with Gasteiger partial charge in [0.2, 0.25) is 0 Å². The van der Waals surface area contributed by atoms with E-state index in [1.54, 1.807) is 10.9 Å². The van der Waals surface area contributed by atoms with Gasteiger partial charge in [0, 0.05) is 12.3 Å². The van der Waals surface area contributed by atoms with E-state index in [0.29, 0.717) is 4.57 Å². The maximum Gasteiger partial charge on any atom is 0.490 e. The van der Waals surface area contributed by atoms with Crippen LogP contribution < -0.4 is 11.2 Å². The molecular formula is C13H20FN2O15P3. The maximum absolute atomic E-state index is 13.8. The van der Waals surface area contributed by atoms with Crippen LogP contribution in [0.2, 0.25) is 0 Å². The van der Waals surface area contributed by atoms with Gasteiger partial charge in [-0.15, -0.1) is 6.42 Å². The number of phosphoric ester groups is 1. The molecular weight excluding hydrogens is 536 g/mol. The predicted octanol–water partition coefficient (Wildman–Crippen LogP) is -1.52. The average Bonchev–Trinajstić information content (AvgIpc) is 2.68. The number of aliphatic hydroxyl groups excluding tert-OH is 1. The molecule has 34 heavy (non-hydrogen) atoms. The van der Waals surface area contributed by atoms with E-state index in [1.807, 2.05) is 0 Å². The topological polar surface area (TPSA) is 264 Å². The Labute approximate surface area is 189 Å². The molecule has 0 saturated heterocycles. The largest absolute Gasteiger partial charge is 0.490 e. The van der Waals surface area contributed by atoms with E-state index < -0.39 is 72.0 Å². The van der Waals surface area contributed by atoms with Crippen molar-refractivity contribution in [3.05, 3.63) is 33.1 Å². The summed E-state index contributed by atoms with van der Waals surface area (Å²) in [6.45, 7) is -3.37. The van der Waals surface area contributed by atoms with E-state index in [1.165, 1.54) is 0 Å². The number of halogens is 1. The molecule has 2 unspecified atom stereocenters. The van der Waals surface area contributed by atoms with Crippen molar-refractivity contribution in [3.8, 4) is 12.3 Å². The average molecular weight is 556 g/mol. The number of H-pyrrole nitrogens is 1. The van der Waals surface area contributed by atoms with Gasteiger partial charge < -0.3 is 34.5 Å². The highest BCUT2D eigenvalue weighted by molar-refractivity contribution is 7.66. The number of nitrogens with one attached hydrogen (secondary N) is 1. The van der Waals surface area contributed by atoms with Crippen LogP contribution in [0.4, 0.5) is 4.39 Å². The second-order valence-corrected chi connectivity index (χ2v) is 11.1. The Hall–Kier alpha value is -1.54. The van der Waals surface area contributed by atoms with Crippen LogP contribution >= 0.6 is 23.5 Å². The molecule has 0 aromatic carbocycles. The molecule has 194 valence electrons. The molecule has 0 aliphatic rings. The number of nitrogens with zero attached hydrogens (tertiary/aromatic N) is 1. The Bertz CT molecular complexity index is 1170. The summed E-state index contributed by atoms with van der Waals surface area (Å²) in [5.74, 6) is 1.72. The van der Waals surface area contributed by atoms with Gasteiger partial charge in [-0.25, -0.2) is 22.9 Å². The highest BCUT2D eigenvalue weighted by Gasteiger charge is 2.45. The lowest BCUT2D eigenvalue weighted by Crippen LogP contribution is -2.52. The summed E-state index contributed by atoms with van der Waals surface area (Å²) >= 11 is 0. The van der Waals surface area contributed by atoms with Crippen molar-refractivity contribution in [2.45, 2.75) is 24.4 Å². The maximum atomic E-state index is 13.8. The van der Waals surface area contributed by atoms with E-state index >= 15 is 0 Å². The van der Waals surface area contributed by atoms with Gasteiger partial charge in [0.25, 0.3) is 5.56 Å². The molecule has 17 nitrogen and oxygen atoms in total. The van der Waals surface area contributed by atoms with Crippen LogP contribution in [0.3, 0.4) is 0 Å². The summed E-state index contributed by atoms with van der Waals surface area (Å²) < 4.78 is 64.8. The lowest BCUT2D eigenvalue weighted by molar-refractivity contribution is -0.209. The molecule has 7 N–H and O–H groups in total. The zero-order chi connectivity index (χ0) is 26.6. The van der Waals surface area contributed by atoms with E-state index in [4.69, 9.17) is 25.8 Å². The van der Waals surface area contributed by atoms with Crippen LogP contribution in [0.5, 0.6) is 0 Å². The van der Waals surface area contributed by atoms with Crippen molar-refractivity contribution in [2.75, 3.05) is 19.9 Å². The number of phosphoric acid groups is 3. The molecule has 1 heterocycles. The van der Waals surface area contributed by atoms with Gasteiger partial charge in [0.15, 0.2) is 11.8 Å². The summed E-state index contributed by atoms with van der Waals surface area (Å²) in [4.78, 5) is 60.9. The summed E-state index contributed by atoms with van der Waals surface area (Å²) in [6.07, 6.45) is 3.79. The number of hydrogen-bond donors (Lipinski definition) is 7. The molecule has 1 aromatic rings. The normalized spacial score (nSPS) is 20.2. The molecule has 0 amide bonds. The monoisotopic (exact) mass is 556 g/mol. The fourth-order valence-electron chi connectivity index (χ4n) is 2.09. The number of terminal acetylenes is 1. The Morgan fingerprint density at radius 1 is 1.21 bits per heavy atom. The van der Waals surface area contributed by atoms with E-state index in [2.05, 4.69) is 13.1 Å². The van der Waals surface area contributed by atoms with Crippen molar-refractivity contribution < 1.29 is 65.8 Å². The van der Waals surface area contributed by atoms with Gasteiger partial charge in [0.05, 0.1) is 13.2 Å². The molecule has 0 aliphatic carbocycles. The first kappa shape index (κ1) is 30.5. The minimum atomic E-state index is -5.86.